The van der Waals surface area contributed by atoms with Crippen molar-refractivity contribution in [1.82, 2.24) is 4.90 Å². The number of benzene rings is 3. The van der Waals surface area contributed by atoms with Crippen molar-refractivity contribution in [1.29, 1.82) is 0 Å². The minimum absolute atomic E-state index is 0.0478. The second-order valence-corrected chi connectivity index (χ2v) is 9.30. The van der Waals surface area contributed by atoms with E-state index in [1.54, 1.807) is 14.2 Å². The van der Waals surface area contributed by atoms with Gasteiger partial charge in [-0.3, -0.25) is 9.69 Å². The van der Waals surface area contributed by atoms with Crippen LogP contribution in [0.2, 0.25) is 0 Å². The summed E-state index contributed by atoms with van der Waals surface area (Å²) >= 11 is 0. The van der Waals surface area contributed by atoms with E-state index in [9.17, 15) is 4.79 Å². The Morgan fingerprint density at radius 3 is 2.51 bits per heavy atom. The monoisotopic (exact) mass is 471 g/mol. The van der Waals surface area contributed by atoms with E-state index in [2.05, 4.69) is 69.7 Å². The maximum Gasteiger partial charge on any atom is 0.229 e. The normalized spacial score (nSPS) is 19.4. The van der Waals surface area contributed by atoms with Gasteiger partial charge in [-0.25, -0.2) is 0 Å². The molecular weight excluding hydrogens is 438 g/mol. The molecule has 6 heteroatoms. The zero-order valence-electron chi connectivity index (χ0n) is 20.4. The average Bonchev–Trinajstić information content (AvgIpc) is 2.91. The summed E-state index contributed by atoms with van der Waals surface area (Å²) in [6.45, 7) is 3.81. The van der Waals surface area contributed by atoms with E-state index in [0.29, 0.717) is 11.5 Å². The van der Waals surface area contributed by atoms with Crippen LogP contribution in [0.5, 0.6) is 11.5 Å². The number of para-hydroxylation sites is 1. The minimum atomic E-state index is -0.141. The third kappa shape index (κ3) is 4.98. The summed E-state index contributed by atoms with van der Waals surface area (Å²) in [7, 11) is 3.21. The van der Waals surface area contributed by atoms with Gasteiger partial charge in [0.1, 0.15) is 0 Å². The van der Waals surface area contributed by atoms with Gasteiger partial charge in [0.05, 0.1) is 26.2 Å². The Bertz CT molecular complexity index is 1170. The number of methoxy groups -OCH3 is 2. The molecule has 2 aliphatic heterocycles. The lowest BCUT2D eigenvalue weighted by molar-refractivity contribution is -0.121. The van der Waals surface area contributed by atoms with Crippen molar-refractivity contribution in [2.75, 3.05) is 50.6 Å². The van der Waals surface area contributed by atoms with Crippen LogP contribution in [-0.4, -0.2) is 57.2 Å². The van der Waals surface area contributed by atoms with Gasteiger partial charge in [0.15, 0.2) is 11.5 Å². The van der Waals surface area contributed by atoms with Gasteiger partial charge in [-0.15, -0.1) is 0 Å². The van der Waals surface area contributed by atoms with Crippen molar-refractivity contribution in [3.8, 4) is 11.5 Å². The van der Waals surface area contributed by atoms with E-state index in [-0.39, 0.29) is 17.9 Å². The van der Waals surface area contributed by atoms with Gasteiger partial charge in [-0.2, -0.15) is 0 Å². The number of anilines is 2. The largest absolute Gasteiger partial charge is 0.493 e. The lowest BCUT2D eigenvalue weighted by atomic mass is 9.83. The number of rotatable bonds is 7. The van der Waals surface area contributed by atoms with Gasteiger partial charge >= 0.3 is 0 Å². The fourth-order valence-corrected chi connectivity index (χ4v) is 5.40. The van der Waals surface area contributed by atoms with Gasteiger partial charge in [0.2, 0.25) is 5.91 Å². The maximum absolute atomic E-state index is 13.6. The highest BCUT2D eigenvalue weighted by Crippen LogP contribution is 2.37. The number of piperazine rings is 1. The first kappa shape index (κ1) is 23.2. The first-order valence-electron chi connectivity index (χ1n) is 12.3. The van der Waals surface area contributed by atoms with Crippen molar-refractivity contribution in [3.63, 3.8) is 0 Å². The number of carbonyl (C=O) groups is 1. The van der Waals surface area contributed by atoms with Crippen LogP contribution in [0.15, 0.2) is 72.8 Å². The topological polar surface area (TPSA) is 54.0 Å². The molecule has 1 amide bonds. The van der Waals surface area contributed by atoms with E-state index in [4.69, 9.17) is 9.47 Å². The maximum atomic E-state index is 13.6. The van der Waals surface area contributed by atoms with E-state index >= 15 is 0 Å². The summed E-state index contributed by atoms with van der Waals surface area (Å²) in [4.78, 5) is 18.6. The molecule has 0 spiro atoms. The number of carbonyl (C=O) groups excluding carboxylic acids is 1. The number of amides is 1. The van der Waals surface area contributed by atoms with Gasteiger partial charge in [0.25, 0.3) is 0 Å². The zero-order chi connectivity index (χ0) is 24.2. The number of nitrogens with zero attached hydrogens (tertiary/aromatic N) is 2. The Balaban J connectivity index is 1.35. The van der Waals surface area contributed by atoms with Crippen LogP contribution in [0.1, 0.15) is 11.1 Å². The van der Waals surface area contributed by atoms with E-state index in [1.807, 2.05) is 18.2 Å². The van der Waals surface area contributed by atoms with Crippen LogP contribution in [-0.2, 0) is 17.6 Å². The third-order valence-electron chi connectivity index (χ3n) is 7.26. The molecule has 1 N–H and O–H groups in total. The van der Waals surface area contributed by atoms with Gasteiger partial charge in [-0.05, 0) is 42.2 Å². The average molecular weight is 472 g/mol. The highest BCUT2D eigenvalue weighted by atomic mass is 16.5. The summed E-state index contributed by atoms with van der Waals surface area (Å²) < 4.78 is 10.8. The van der Waals surface area contributed by atoms with Crippen LogP contribution in [0.4, 0.5) is 11.4 Å². The summed E-state index contributed by atoms with van der Waals surface area (Å²) in [6, 6.07) is 24.8. The molecule has 35 heavy (non-hydrogen) atoms. The molecule has 0 radical (unpaired) electrons. The molecule has 0 aliphatic carbocycles. The summed E-state index contributed by atoms with van der Waals surface area (Å²) in [5, 5.41) is 3.15. The summed E-state index contributed by atoms with van der Waals surface area (Å²) in [5.41, 5.74) is 4.59. The molecular formula is C29H33N3O3. The number of fused-ring (bicyclic) bond motifs is 3. The molecule has 1 saturated heterocycles. The number of ether oxygens (including phenoxy) is 2. The Morgan fingerprint density at radius 1 is 0.943 bits per heavy atom. The third-order valence-corrected chi connectivity index (χ3v) is 7.26. The van der Waals surface area contributed by atoms with Crippen molar-refractivity contribution >= 4 is 17.3 Å². The Labute approximate surface area is 207 Å². The Kier molecular flexibility index (Phi) is 6.91. The smallest absolute Gasteiger partial charge is 0.229 e. The Hall–Kier alpha value is -3.51. The lowest BCUT2D eigenvalue weighted by Gasteiger charge is -2.49. The van der Waals surface area contributed by atoms with Crippen LogP contribution >= 0.6 is 0 Å². The van der Waals surface area contributed by atoms with Crippen LogP contribution in [0.25, 0.3) is 0 Å². The first-order chi connectivity index (χ1) is 17.2. The van der Waals surface area contributed by atoms with Gasteiger partial charge < -0.3 is 19.7 Å². The highest BCUT2D eigenvalue weighted by molar-refractivity contribution is 5.94. The molecule has 5 rings (SSSR count). The SMILES string of the molecule is COc1ccc(NC(=O)[C@H]2Cc3ccccc3N3CCN(CCc4ccccc4)C[C@H]23)cc1OC. The van der Waals surface area contributed by atoms with Gasteiger partial charge in [0, 0.05) is 43.6 Å². The van der Waals surface area contributed by atoms with E-state index in [0.717, 1.165) is 44.7 Å². The molecule has 2 aliphatic rings. The summed E-state index contributed by atoms with van der Waals surface area (Å²) in [5.74, 6) is 1.15. The van der Waals surface area contributed by atoms with Crippen molar-refractivity contribution in [2.45, 2.75) is 18.9 Å². The van der Waals surface area contributed by atoms with E-state index in [1.165, 1.54) is 16.8 Å². The zero-order valence-corrected chi connectivity index (χ0v) is 20.4. The standard InChI is InChI=1S/C29H33N3O3/c1-34-27-13-12-23(19-28(27)35-2)30-29(33)24-18-22-10-6-7-11-25(22)32-17-16-31(20-26(24)32)15-14-21-8-4-3-5-9-21/h3-13,19,24,26H,14-18,20H2,1-2H3,(H,30,33)/t24-,26+/m0/s1. The molecule has 3 aromatic carbocycles. The predicted molar refractivity (Wildman–Crippen MR) is 140 cm³/mol. The second kappa shape index (κ2) is 10.4. The second-order valence-electron chi connectivity index (χ2n) is 9.30. The van der Waals surface area contributed by atoms with Crippen molar-refractivity contribution in [2.24, 2.45) is 5.92 Å². The molecule has 0 bridgehead atoms. The van der Waals surface area contributed by atoms with Crippen LogP contribution in [0.3, 0.4) is 0 Å². The quantitative estimate of drug-likeness (QED) is 0.558. The number of nitrogens with one attached hydrogen (secondary N) is 1. The van der Waals surface area contributed by atoms with Gasteiger partial charge in [-0.1, -0.05) is 48.5 Å². The van der Waals surface area contributed by atoms with Crippen molar-refractivity contribution in [3.05, 3.63) is 83.9 Å². The van der Waals surface area contributed by atoms with E-state index < -0.39 is 0 Å². The van der Waals surface area contributed by atoms with Crippen LogP contribution in [0, 0.1) is 5.92 Å². The molecule has 1 fully saturated rings. The number of hydrogen-bond donors (Lipinski definition) is 1. The van der Waals surface area contributed by atoms with Crippen molar-refractivity contribution < 1.29 is 14.3 Å². The molecule has 3 aromatic rings. The Morgan fingerprint density at radius 2 is 1.71 bits per heavy atom. The first-order valence-corrected chi connectivity index (χ1v) is 12.3. The number of hydrogen-bond acceptors (Lipinski definition) is 5. The molecule has 0 unspecified atom stereocenters. The molecule has 2 heterocycles. The molecule has 182 valence electrons. The molecule has 0 aromatic heterocycles. The minimum Gasteiger partial charge on any atom is -0.493 e. The fourth-order valence-electron chi connectivity index (χ4n) is 5.40. The van der Waals surface area contributed by atoms with Crippen LogP contribution < -0.4 is 19.7 Å². The summed E-state index contributed by atoms with van der Waals surface area (Å²) in [6.07, 6.45) is 1.76. The fraction of sp³-hybridized carbons (Fsp3) is 0.345. The molecule has 0 saturated carbocycles. The molecule has 6 nitrogen and oxygen atoms in total. The highest BCUT2D eigenvalue weighted by Gasteiger charge is 2.41. The predicted octanol–water partition coefficient (Wildman–Crippen LogP) is 4.25. The lowest BCUT2D eigenvalue weighted by Crippen LogP contribution is -2.60. The molecule has 2 atom stereocenters.